The van der Waals surface area contributed by atoms with Crippen molar-refractivity contribution in [3.63, 3.8) is 0 Å². The van der Waals surface area contributed by atoms with Crippen LogP contribution in [0.5, 0.6) is 0 Å². The van der Waals surface area contributed by atoms with E-state index in [9.17, 15) is 13.2 Å². The smallest absolute Gasteiger partial charge is 0.316 e. The van der Waals surface area contributed by atoms with Gasteiger partial charge in [-0.2, -0.15) is 13.2 Å². The highest BCUT2D eigenvalue weighted by Crippen LogP contribution is 2.31. The molecule has 2 rings (SSSR count). The number of piperidine rings is 1. The van der Waals surface area contributed by atoms with Crippen LogP contribution in [0.2, 0.25) is 0 Å². The summed E-state index contributed by atoms with van der Waals surface area (Å²) in [6, 6.07) is 5.70. The molecule has 1 aromatic carbocycles. The molecule has 1 heterocycles. The number of nitrogens with one attached hydrogen (secondary N) is 1. The summed E-state index contributed by atoms with van der Waals surface area (Å²) in [7, 11) is 0. The zero-order chi connectivity index (χ0) is 13.2. The van der Waals surface area contributed by atoms with Crippen LogP contribution in [0.15, 0.2) is 24.3 Å². The molecule has 0 bridgehead atoms. The van der Waals surface area contributed by atoms with E-state index >= 15 is 0 Å². The molecule has 18 heavy (non-hydrogen) atoms. The Morgan fingerprint density at radius 2 is 2.11 bits per heavy atom. The molecule has 0 aliphatic carbocycles. The lowest BCUT2D eigenvalue weighted by atomic mass is 9.83. The van der Waals surface area contributed by atoms with Crippen LogP contribution in [-0.2, 0) is 12.6 Å². The number of rotatable bonds is 2. The third kappa shape index (κ3) is 3.25. The highest BCUT2D eigenvalue weighted by molar-refractivity contribution is 5.26. The van der Waals surface area contributed by atoms with Crippen molar-refractivity contribution < 1.29 is 13.2 Å². The molecule has 0 saturated carbocycles. The van der Waals surface area contributed by atoms with Crippen LogP contribution in [0, 0.1) is 11.8 Å². The van der Waals surface area contributed by atoms with E-state index < -0.39 is 11.7 Å². The van der Waals surface area contributed by atoms with E-state index in [1.807, 2.05) is 0 Å². The predicted molar refractivity (Wildman–Crippen MR) is 65.3 cm³/mol. The van der Waals surface area contributed by atoms with E-state index in [0.29, 0.717) is 11.8 Å². The second kappa shape index (κ2) is 5.31. The molecule has 1 saturated heterocycles. The van der Waals surface area contributed by atoms with Crippen molar-refractivity contribution in [1.29, 1.82) is 0 Å². The van der Waals surface area contributed by atoms with Crippen molar-refractivity contribution in [3.05, 3.63) is 35.4 Å². The molecule has 0 spiro atoms. The lowest BCUT2D eigenvalue weighted by Crippen LogP contribution is -2.36. The van der Waals surface area contributed by atoms with Gasteiger partial charge in [0.25, 0.3) is 0 Å². The molecule has 0 radical (unpaired) electrons. The number of hydrogen-bond acceptors (Lipinski definition) is 1. The summed E-state index contributed by atoms with van der Waals surface area (Å²) >= 11 is 0. The molecular weight excluding hydrogens is 239 g/mol. The topological polar surface area (TPSA) is 12.0 Å². The number of alkyl halides is 3. The van der Waals surface area contributed by atoms with Crippen LogP contribution in [0.25, 0.3) is 0 Å². The molecule has 1 aliphatic rings. The number of halogens is 3. The standard InChI is InChI=1S/C14H18F3N/c1-10-5-6-18-9-12(10)7-11-3-2-4-13(8-11)14(15,16)17/h2-4,8,10,12,18H,5-7,9H2,1H3. The first-order chi connectivity index (χ1) is 8.47. The second-order valence-corrected chi connectivity index (χ2v) is 5.13. The lowest BCUT2D eigenvalue weighted by Gasteiger charge is -2.29. The van der Waals surface area contributed by atoms with Crippen LogP contribution in [0.3, 0.4) is 0 Å². The van der Waals surface area contributed by atoms with Crippen molar-refractivity contribution in [2.75, 3.05) is 13.1 Å². The molecule has 4 heteroatoms. The Kier molecular flexibility index (Phi) is 3.95. The fraction of sp³-hybridized carbons (Fsp3) is 0.571. The SMILES string of the molecule is CC1CCNCC1Cc1cccc(C(F)(F)F)c1. The molecule has 1 aromatic rings. The summed E-state index contributed by atoms with van der Waals surface area (Å²) in [6.45, 7) is 4.09. The summed E-state index contributed by atoms with van der Waals surface area (Å²) in [5.41, 5.74) is 0.238. The van der Waals surface area contributed by atoms with Crippen LogP contribution in [0.1, 0.15) is 24.5 Å². The molecule has 100 valence electrons. The average Bonchev–Trinajstić information content (AvgIpc) is 2.31. The number of hydrogen-bond donors (Lipinski definition) is 1. The van der Waals surface area contributed by atoms with Gasteiger partial charge in [-0.25, -0.2) is 0 Å². The molecule has 1 aliphatic heterocycles. The Morgan fingerprint density at radius 3 is 2.78 bits per heavy atom. The number of benzene rings is 1. The van der Waals surface area contributed by atoms with Gasteiger partial charge < -0.3 is 5.32 Å². The van der Waals surface area contributed by atoms with Crippen molar-refractivity contribution in [2.45, 2.75) is 25.9 Å². The van der Waals surface area contributed by atoms with Crippen molar-refractivity contribution >= 4 is 0 Å². The van der Waals surface area contributed by atoms with E-state index in [1.54, 1.807) is 6.07 Å². The average molecular weight is 257 g/mol. The predicted octanol–water partition coefficient (Wildman–Crippen LogP) is 3.49. The van der Waals surface area contributed by atoms with Crippen LogP contribution < -0.4 is 5.32 Å². The van der Waals surface area contributed by atoms with Crippen molar-refractivity contribution in [3.8, 4) is 0 Å². The van der Waals surface area contributed by atoms with Gasteiger partial charge in [0.05, 0.1) is 5.56 Å². The summed E-state index contributed by atoms with van der Waals surface area (Å²) in [6.07, 6.45) is -2.42. The van der Waals surface area contributed by atoms with E-state index in [-0.39, 0.29) is 0 Å². The maximum atomic E-state index is 12.6. The van der Waals surface area contributed by atoms with Gasteiger partial charge in [0.1, 0.15) is 0 Å². The monoisotopic (exact) mass is 257 g/mol. The Bertz CT molecular complexity index is 400. The van der Waals surface area contributed by atoms with Gasteiger partial charge in [0.2, 0.25) is 0 Å². The minimum atomic E-state index is -4.24. The molecule has 0 amide bonds. The van der Waals surface area contributed by atoms with E-state index in [0.717, 1.165) is 37.6 Å². The van der Waals surface area contributed by atoms with Crippen molar-refractivity contribution in [1.82, 2.24) is 5.32 Å². The zero-order valence-corrected chi connectivity index (χ0v) is 10.4. The maximum absolute atomic E-state index is 12.6. The summed E-state index contributed by atoms with van der Waals surface area (Å²) in [5, 5.41) is 3.31. The van der Waals surface area contributed by atoms with Gasteiger partial charge in [-0.15, -0.1) is 0 Å². The van der Waals surface area contributed by atoms with E-state index in [2.05, 4.69) is 12.2 Å². The lowest BCUT2D eigenvalue weighted by molar-refractivity contribution is -0.137. The van der Waals surface area contributed by atoms with Gasteiger partial charge in [-0.3, -0.25) is 0 Å². The summed E-state index contributed by atoms with van der Waals surface area (Å²) in [4.78, 5) is 0. The Balaban J connectivity index is 2.09. The highest BCUT2D eigenvalue weighted by atomic mass is 19.4. The molecule has 1 N–H and O–H groups in total. The quantitative estimate of drug-likeness (QED) is 0.855. The molecular formula is C14H18F3N. The maximum Gasteiger partial charge on any atom is 0.416 e. The van der Waals surface area contributed by atoms with E-state index in [1.165, 1.54) is 12.1 Å². The minimum absolute atomic E-state index is 0.433. The fourth-order valence-corrected chi connectivity index (χ4v) is 2.50. The summed E-state index contributed by atoms with van der Waals surface area (Å²) in [5.74, 6) is 1.00. The molecule has 2 atom stereocenters. The minimum Gasteiger partial charge on any atom is -0.316 e. The van der Waals surface area contributed by atoms with Crippen LogP contribution in [0.4, 0.5) is 13.2 Å². The Morgan fingerprint density at radius 1 is 1.33 bits per heavy atom. The molecule has 1 nitrogen and oxygen atoms in total. The first-order valence-corrected chi connectivity index (χ1v) is 6.33. The third-order valence-electron chi connectivity index (χ3n) is 3.74. The van der Waals surface area contributed by atoms with Gasteiger partial charge in [0, 0.05) is 0 Å². The van der Waals surface area contributed by atoms with Gasteiger partial charge in [0.15, 0.2) is 0 Å². The third-order valence-corrected chi connectivity index (χ3v) is 3.74. The van der Waals surface area contributed by atoms with Crippen LogP contribution >= 0.6 is 0 Å². The van der Waals surface area contributed by atoms with Gasteiger partial charge in [-0.1, -0.05) is 25.1 Å². The van der Waals surface area contributed by atoms with Gasteiger partial charge >= 0.3 is 6.18 Å². The fourth-order valence-electron chi connectivity index (χ4n) is 2.50. The largest absolute Gasteiger partial charge is 0.416 e. The molecule has 2 unspecified atom stereocenters. The van der Waals surface area contributed by atoms with Crippen LogP contribution in [-0.4, -0.2) is 13.1 Å². The van der Waals surface area contributed by atoms with Gasteiger partial charge in [-0.05, 0) is 49.4 Å². The highest BCUT2D eigenvalue weighted by Gasteiger charge is 2.30. The first-order valence-electron chi connectivity index (χ1n) is 6.33. The normalized spacial score (nSPS) is 25.1. The van der Waals surface area contributed by atoms with E-state index in [4.69, 9.17) is 0 Å². The Labute approximate surface area is 105 Å². The van der Waals surface area contributed by atoms with Crippen molar-refractivity contribution in [2.24, 2.45) is 11.8 Å². The first kappa shape index (κ1) is 13.4. The second-order valence-electron chi connectivity index (χ2n) is 5.13. The summed E-state index contributed by atoms with van der Waals surface area (Å²) < 4.78 is 37.8. The molecule has 1 fully saturated rings. The zero-order valence-electron chi connectivity index (χ0n) is 10.4. The Hall–Kier alpha value is -1.03. The molecule has 0 aromatic heterocycles.